The molecular weight excluding hydrogens is 248 g/mol. The van der Waals surface area contributed by atoms with Crippen LogP contribution in [-0.4, -0.2) is 32.8 Å². The summed E-state index contributed by atoms with van der Waals surface area (Å²) in [5.41, 5.74) is 2.68. The number of nitrogens with zero attached hydrogens (tertiary/aromatic N) is 1. The molecule has 0 aliphatic rings. The van der Waals surface area contributed by atoms with Gasteiger partial charge in [-0.3, -0.25) is 0 Å². The predicted octanol–water partition coefficient (Wildman–Crippen LogP) is 3.61. The summed E-state index contributed by atoms with van der Waals surface area (Å²) >= 11 is 0. The molecule has 0 aliphatic heterocycles. The van der Waals surface area contributed by atoms with E-state index in [0.717, 1.165) is 26.1 Å². The average Bonchev–Trinajstić information content (AvgIpc) is 2.46. The van der Waals surface area contributed by atoms with Crippen LogP contribution in [-0.2, 0) is 4.74 Å². The molecule has 0 fully saturated rings. The molecule has 0 aromatic heterocycles. The SMILES string of the molecule is CCCNC(C)c1ccccc1N(CC)C(C)COC. The minimum absolute atomic E-state index is 0.370. The van der Waals surface area contributed by atoms with Gasteiger partial charge in [0.25, 0.3) is 0 Å². The molecule has 0 heterocycles. The Labute approximate surface area is 124 Å². The lowest BCUT2D eigenvalue weighted by Gasteiger charge is -2.33. The Balaban J connectivity index is 2.97. The number of nitrogens with one attached hydrogen (secondary N) is 1. The third-order valence-electron chi connectivity index (χ3n) is 3.69. The maximum atomic E-state index is 5.32. The minimum Gasteiger partial charge on any atom is -0.383 e. The van der Waals surface area contributed by atoms with Crippen molar-refractivity contribution in [1.29, 1.82) is 0 Å². The van der Waals surface area contributed by atoms with E-state index in [2.05, 4.69) is 62.2 Å². The monoisotopic (exact) mass is 278 g/mol. The van der Waals surface area contributed by atoms with Crippen LogP contribution in [0.3, 0.4) is 0 Å². The first-order chi connectivity index (χ1) is 9.65. The van der Waals surface area contributed by atoms with Crippen LogP contribution in [0.25, 0.3) is 0 Å². The van der Waals surface area contributed by atoms with Gasteiger partial charge < -0.3 is 15.0 Å². The first kappa shape index (κ1) is 17.0. The van der Waals surface area contributed by atoms with Gasteiger partial charge in [-0.15, -0.1) is 0 Å². The van der Waals surface area contributed by atoms with Crippen LogP contribution in [0.2, 0.25) is 0 Å². The highest BCUT2D eigenvalue weighted by Crippen LogP contribution is 2.27. The average molecular weight is 278 g/mol. The molecule has 20 heavy (non-hydrogen) atoms. The van der Waals surface area contributed by atoms with Crippen LogP contribution in [0, 0.1) is 0 Å². The van der Waals surface area contributed by atoms with Crippen molar-refractivity contribution in [3.05, 3.63) is 29.8 Å². The van der Waals surface area contributed by atoms with Gasteiger partial charge in [-0.25, -0.2) is 0 Å². The standard InChI is InChI=1S/C17H30N2O/c1-6-12-18-15(4)16-10-8-9-11-17(16)19(7-2)14(3)13-20-5/h8-11,14-15,18H,6-7,12-13H2,1-5H3. The van der Waals surface area contributed by atoms with Gasteiger partial charge in [-0.1, -0.05) is 25.1 Å². The van der Waals surface area contributed by atoms with Gasteiger partial charge in [0.2, 0.25) is 0 Å². The van der Waals surface area contributed by atoms with Gasteiger partial charge in [0.1, 0.15) is 0 Å². The predicted molar refractivity (Wildman–Crippen MR) is 87.5 cm³/mol. The molecule has 1 rings (SSSR count). The van der Waals surface area contributed by atoms with E-state index in [9.17, 15) is 0 Å². The molecule has 3 heteroatoms. The fraction of sp³-hybridized carbons (Fsp3) is 0.647. The topological polar surface area (TPSA) is 24.5 Å². The number of para-hydroxylation sites is 1. The first-order valence-corrected chi connectivity index (χ1v) is 7.73. The lowest BCUT2D eigenvalue weighted by atomic mass is 10.0. The summed E-state index contributed by atoms with van der Waals surface area (Å²) in [6.07, 6.45) is 1.16. The van der Waals surface area contributed by atoms with Crippen molar-refractivity contribution >= 4 is 5.69 Å². The normalized spacial score (nSPS) is 14.1. The molecule has 0 amide bonds. The Bertz CT molecular complexity index is 381. The Morgan fingerprint density at radius 3 is 2.50 bits per heavy atom. The molecule has 3 nitrogen and oxygen atoms in total. The summed E-state index contributed by atoms with van der Waals surface area (Å²) in [6.45, 7) is 11.6. The summed E-state index contributed by atoms with van der Waals surface area (Å²) < 4.78 is 5.32. The van der Waals surface area contributed by atoms with E-state index in [4.69, 9.17) is 4.74 Å². The number of benzene rings is 1. The molecule has 0 radical (unpaired) electrons. The van der Waals surface area contributed by atoms with Crippen molar-refractivity contribution in [3.63, 3.8) is 0 Å². The molecule has 1 N–H and O–H groups in total. The van der Waals surface area contributed by atoms with E-state index in [1.165, 1.54) is 11.3 Å². The summed E-state index contributed by atoms with van der Waals surface area (Å²) in [4.78, 5) is 2.42. The van der Waals surface area contributed by atoms with Gasteiger partial charge in [0.05, 0.1) is 6.61 Å². The Morgan fingerprint density at radius 2 is 1.90 bits per heavy atom. The molecule has 0 spiro atoms. The molecule has 2 atom stereocenters. The summed E-state index contributed by atoms with van der Waals surface area (Å²) in [6, 6.07) is 9.44. The van der Waals surface area contributed by atoms with Crippen molar-refractivity contribution in [2.45, 2.75) is 46.2 Å². The van der Waals surface area contributed by atoms with E-state index in [1.807, 2.05) is 0 Å². The Morgan fingerprint density at radius 1 is 1.20 bits per heavy atom. The van der Waals surface area contributed by atoms with Crippen LogP contribution in [0.5, 0.6) is 0 Å². The van der Waals surface area contributed by atoms with Crippen LogP contribution in [0.4, 0.5) is 5.69 Å². The third kappa shape index (κ3) is 4.50. The van der Waals surface area contributed by atoms with E-state index in [-0.39, 0.29) is 0 Å². The number of hydrogen-bond donors (Lipinski definition) is 1. The fourth-order valence-corrected chi connectivity index (χ4v) is 2.64. The van der Waals surface area contributed by atoms with Crippen molar-refractivity contribution in [1.82, 2.24) is 5.32 Å². The first-order valence-electron chi connectivity index (χ1n) is 7.73. The molecule has 1 aromatic carbocycles. The van der Waals surface area contributed by atoms with E-state index >= 15 is 0 Å². The van der Waals surface area contributed by atoms with E-state index in [1.54, 1.807) is 7.11 Å². The van der Waals surface area contributed by atoms with Crippen molar-refractivity contribution in [2.24, 2.45) is 0 Å². The molecule has 0 aliphatic carbocycles. The van der Waals surface area contributed by atoms with Crippen LogP contribution >= 0.6 is 0 Å². The second-order valence-corrected chi connectivity index (χ2v) is 5.33. The molecular formula is C17H30N2O. The van der Waals surface area contributed by atoms with Gasteiger partial charge in [0.15, 0.2) is 0 Å². The largest absolute Gasteiger partial charge is 0.383 e. The van der Waals surface area contributed by atoms with Crippen molar-refractivity contribution in [3.8, 4) is 0 Å². The van der Waals surface area contributed by atoms with Gasteiger partial charge in [-0.2, -0.15) is 0 Å². The fourth-order valence-electron chi connectivity index (χ4n) is 2.64. The lowest BCUT2D eigenvalue weighted by Crippen LogP contribution is -2.37. The number of rotatable bonds is 9. The quantitative estimate of drug-likeness (QED) is 0.747. The number of methoxy groups -OCH3 is 1. The molecule has 2 unspecified atom stereocenters. The molecule has 114 valence electrons. The van der Waals surface area contributed by atoms with Crippen LogP contribution in [0.15, 0.2) is 24.3 Å². The number of likely N-dealkylation sites (N-methyl/N-ethyl adjacent to an activating group) is 1. The smallest absolute Gasteiger partial charge is 0.0663 e. The van der Waals surface area contributed by atoms with Gasteiger partial charge >= 0.3 is 0 Å². The third-order valence-corrected chi connectivity index (χ3v) is 3.69. The highest BCUT2D eigenvalue weighted by molar-refractivity contribution is 5.55. The number of anilines is 1. The highest BCUT2D eigenvalue weighted by Gasteiger charge is 2.18. The highest BCUT2D eigenvalue weighted by atomic mass is 16.5. The molecule has 0 bridgehead atoms. The maximum Gasteiger partial charge on any atom is 0.0663 e. The van der Waals surface area contributed by atoms with E-state index in [0.29, 0.717) is 12.1 Å². The molecule has 0 saturated heterocycles. The summed E-state index contributed by atoms with van der Waals surface area (Å²) in [7, 11) is 1.77. The summed E-state index contributed by atoms with van der Waals surface area (Å²) in [5, 5.41) is 3.58. The zero-order chi connectivity index (χ0) is 15.0. The Kier molecular flexibility index (Phi) is 7.63. The van der Waals surface area contributed by atoms with Crippen LogP contribution < -0.4 is 10.2 Å². The van der Waals surface area contributed by atoms with Gasteiger partial charge in [-0.05, 0) is 45.4 Å². The second-order valence-electron chi connectivity index (χ2n) is 5.33. The van der Waals surface area contributed by atoms with Crippen molar-refractivity contribution in [2.75, 3.05) is 31.7 Å². The molecule has 0 saturated carbocycles. The minimum atomic E-state index is 0.370. The lowest BCUT2D eigenvalue weighted by molar-refractivity contribution is 0.182. The van der Waals surface area contributed by atoms with Crippen LogP contribution in [0.1, 0.15) is 45.7 Å². The Hall–Kier alpha value is -1.06. The molecule has 1 aromatic rings. The second kappa shape index (κ2) is 8.98. The van der Waals surface area contributed by atoms with Crippen molar-refractivity contribution < 1.29 is 4.74 Å². The van der Waals surface area contributed by atoms with E-state index < -0.39 is 0 Å². The summed E-state index contributed by atoms with van der Waals surface area (Å²) in [5.74, 6) is 0. The zero-order valence-corrected chi connectivity index (χ0v) is 13.6. The zero-order valence-electron chi connectivity index (χ0n) is 13.6. The number of hydrogen-bond acceptors (Lipinski definition) is 3. The van der Waals surface area contributed by atoms with Gasteiger partial charge in [0, 0.05) is 31.4 Å². The maximum absolute atomic E-state index is 5.32. The number of ether oxygens (including phenoxy) is 1.